The molecule has 1 aliphatic heterocycles. The van der Waals surface area contributed by atoms with E-state index < -0.39 is 23.6 Å². The Bertz CT molecular complexity index is 1050. The Balaban J connectivity index is 1.25. The standard InChI is InChI=1S/C23H34N8O3/c1-23(2,3)20(31-13-18(26-28-31)15-6-7-15)22(34)30-11-16(32)10-19(30)21(33)24-8-9-29-12-17(25-27-29)14-4-5-14/h12-16,19-20,32H,4-11H2,1-3H3,(H,24,33)/t16?,19?,20-/m1/s1. The maximum atomic E-state index is 13.7. The third-order valence-electron chi connectivity index (χ3n) is 6.90. The smallest absolute Gasteiger partial charge is 0.248 e. The maximum absolute atomic E-state index is 13.7. The lowest BCUT2D eigenvalue weighted by molar-refractivity contribution is -0.144. The lowest BCUT2D eigenvalue weighted by Crippen LogP contribution is -2.50. The molecule has 2 amide bonds. The number of hydrogen-bond acceptors (Lipinski definition) is 7. The monoisotopic (exact) mass is 470 g/mol. The number of rotatable bonds is 8. The van der Waals surface area contributed by atoms with Gasteiger partial charge in [0.2, 0.25) is 11.8 Å². The van der Waals surface area contributed by atoms with E-state index in [0.29, 0.717) is 24.9 Å². The molecule has 2 unspecified atom stereocenters. The van der Waals surface area contributed by atoms with Crippen LogP contribution >= 0.6 is 0 Å². The van der Waals surface area contributed by atoms with E-state index in [1.54, 1.807) is 9.36 Å². The molecular formula is C23H34N8O3. The van der Waals surface area contributed by atoms with Gasteiger partial charge in [-0.05, 0) is 31.1 Å². The molecular weight excluding hydrogens is 436 g/mol. The Morgan fingerprint density at radius 3 is 2.38 bits per heavy atom. The molecule has 0 spiro atoms. The Labute approximate surface area is 198 Å². The second kappa shape index (κ2) is 8.75. The minimum atomic E-state index is -0.741. The number of hydrogen-bond donors (Lipinski definition) is 2. The molecule has 2 aromatic heterocycles. The predicted octanol–water partition coefficient (Wildman–Crippen LogP) is 0.990. The Hall–Kier alpha value is -2.82. The van der Waals surface area contributed by atoms with Crippen molar-refractivity contribution in [2.24, 2.45) is 5.41 Å². The quantitative estimate of drug-likeness (QED) is 0.588. The zero-order valence-electron chi connectivity index (χ0n) is 20.1. The van der Waals surface area contributed by atoms with Crippen molar-refractivity contribution >= 4 is 11.8 Å². The fourth-order valence-electron chi connectivity index (χ4n) is 4.73. The minimum absolute atomic E-state index is 0.126. The Kier molecular flexibility index (Phi) is 5.91. The van der Waals surface area contributed by atoms with Crippen molar-refractivity contribution in [2.75, 3.05) is 13.1 Å². The summed E-state index contributed by atoms with van der Waals surface area (Å²) in [6.45, 7) is 6.93. The normalized spacial score (nSPS) is 23.8. The van der Waals surface area contributed by atoms with E-state index >= 15 is 0 Å². The summed E-state index contributed by atoms with van der Waals surface area (Å²) < 4.78 is 3.37. The van der Waals surface area contributed by atoms with Crippen LogP contribution < -0.4 is 5.32 Å². The summed E-state index contributed by atoms with van der Waals surface area (Å²) in [4.78, 5) is 28.3. The van der Waals surface area contributed by atoms with Crippen molar-refractivity contribution < 1.29 is 14.7 Å². The van der Waals surface area contributed by atoms with Gasteiger partial charge < -0.3 is 15.3 Å². The lowest BCUT2D eigenvalue weighted by Gasteiger charge is -2.34. The first kappa shape index (κ1) is 22.9. The first-order chi connectivity index (χ1) is 16.2. The molecule has 5 rings (SSSR count). The molecule has 3 atom stereocenters. The lowest BCUT2D eigenvalue weighted by atomic mass is 9.85. The number of aromatic nitrogens is 6. The molecule has 2 saturated carbocycles. The highest BCUT2D eigenvalue weighted by molar-refractivity contribution is 5.90. The van der Waals surface area contributed by atoms with Gasteiger partial charge in [-0.2, -0.15) is 0 Å². The van der Waals surface area contributed by atoms with E-state index in [9.17, 15) is 14.7 Å². The summed E-state index contributed by atoms with van der Waals surface area (Å²) in [7, 11) is 0. The number of carbonyl (C=O) groups is 2. The molecule has 3 aliphatic rings. The summed E-state index contributed by atoms with van der Waals surface area (Å²) >= 11 is 0. The zero-order valence-corrected chi connectivity index (χ0v) is 20.1. The molecule has 0 aromatic carbocycles. The number of likely N-dealkylation sites (tertiary alicyclic amines) is 1. The van der Waals surface area contributed by atoms with Crippen LogP contribution in [0.25, 0.3) is 0 Å². The highest BCUT2D eigenvalue weighted by atomic mass is 16.3. The average molecular weight is 471 g/mol. The van der Waals surface area contributed by atoms with Gasteiger partial charge in [0.15, 0.2) is 0 Å². The molecule has 1 saturated heterocycles. The summed E-state index contributed by atoms with van der Waals surface area (Å²) in [5.41, 5.74) is 1.47. The van der Waals surface area contributed by atoms with E-state index in [1.807, 2.05) is 33.2 Å². The van der Waals surface area contributed by atoms with Crippen LogP contribution in [0.3, 0.4) is 0 Å². The molecule has 2 aromatic rings. The van der Waals surface area contributed by atoms with Crippen LogP contribution in [0.1, 0.15) is 82.1 Å². The summed E-state index contributed by atoms with van der Waals surface area (Å²) in [5.74, 6) is 0.477. The molecule has 0 bridgehead atoms. The minimum Gasteiger partial charge on any atom is -0.391 e. The van der Waals surface area contributed by atoms with Gasteiger partial charge in [-0.25, -0.2) is 4.68 Å². The topological polar surface area (TPSA) is 131 Å². The maximum Gasteiger partial charge on any atom is 0.248 e. The van der Waals surface area contributed by atoms with Crippen molar-refractivity contribution in [1.82, 2.24) is 40.2 Å². The number of aliphatic hydroxyl groups excluding tert-OH is 1. The molecule has 0 radical (unpaired) electrons. The molecule has 2 N–H and O–H groups in total. The molecule has 2 aliphatic carbocycles. The largest absolute Gasteiger partial charge is 0.391 e. The third-order valence-corrected chi connectivity index (χ3v) is 6.90. The summed E-state index contributed by atoms with van der Waals surface area (Å²) in [6, 6.07) is -1.35. The molecule has 184 valence electrons. The molecule has 11 nitrogen and oxygen atoms in total. The van der Waals surface area contributed by atoms with Crippen LogP contribution in [0.2, 0.25) is 0 Å². The highest BCUT2D eigenvalue weighted by Gasteiger charge is 2.45. The predicted molar refractivity (Wildman–Crippen MR) is 122 cm³/mol. The summed E-state index contributed by atoms with van der Waals surface area (Å²) in [6.07, 6.45) is 7.80. The van der Waals surface area contributed by atoms with Crippen molar-refractivity contribution in [1.29, 1.82) is 0 Å². The van der Waals surface area contributed by atoms with Crippen LogP contribution in [0.4, 0.5) is 0 Å². The van der Waals surface area contributed by atoms with Crippen LogP contribution in [0.5, 0.6) is 0 Å². The number of nitrogens with zero attached hydrogens (tertiary/aromatic N) is 7. The van der Waals surface area contributed by atoms with Crippen molar-refractivity contribution in [2.45, 2.75) is 89.4 Å². The first-order valence-corrected chi connectivity index (χ1v) is 12.3. The van der Waals surface area contributed by atoms with Gasteiger partial charge in [-0.3, -0.25) is 14.3 Å². The highest BCUT2D eigenvalue weighted by Crippen LogP contribution is 2.40. The van der Waals surface area contributed by atoms with Gasteiger partial charge in [0.1, 0.15) is 12.1 Å². The number of carbonyl (C=O) groups excluding carboxylic acids is 2. The van der Waals surface area contributed by atoms with Crippen LogP contribution in [0, 0.1) is 5.41 Å². The number of amides is 2. The number of β-amino-alcohol motifs (C(OH)–C–C–N with tert-alkyl or cyclic N) is 1. The second-order valence-corrected chi connectivity index (χ2v) is 11.0. The van der Waals surface area contributed by atoms with Crippen molar-refractivity contribution in [3.05, 3.63) is 23.8 Å². The average Bonchev–Trinajstić information content (AvgIpc) is 3.67. The van der Waals surface area contributed by atoms with Gasteiger partial charge in [-0.1, -0.05) is 31.2 Å². The molecule has 3 fully saturated rings. The van der Waals surface area contributed by atoms with E-state index in [4.69, 9.17) is 0 Å². The third kappa shape index (κ3) is 4.84. The van der Waals surface area contributed by atoms with E-state index in [1.165, 1.54) is 4.90 Å². The molecule has 3 heterocycles. The van der Waals surface area contributed by atoms with Crippen LogP contribution in [0.15, 0.2) is 12.4 Å². The number of aliphatic hydroxyl groups is 1. The van der Waals surface area contributed by atoms with E-state index in [2.05, 4.69) is 25.9 Å². The van der Waals surface area contributed by atoms with E-state index in [-0.39, 0.29) is 24.8 Å². The molecule has 34 heavy (non-hydrogen) atoms. The fraction of sp³-hybridized carbons (Fsp3) is 0.739. The van der Waals surface area contributed by atoms with Crippen molar-refractivity contribution in [3.8, 4) is 0 Å². The second-order valence-electron chi connectivity index (χ2n) is 11.0. The summed E-state index contributed by atoms with van der Waals surface area (Å²) in [5, 5.41) is 30.1. The van der Waals surface area contributed by atoms with Gasteiger partial charge in [0.25, 0.3) is 0 Å². The number of nitrogens with one attached hydrogen (secondary N) is 1. The zero-order chi connectivity index (χ0) is 24.0. The van der Waals surface area contributed by atoms with Crippen molar-refractivity contribution in [3.63, 3.8) is 0 Å². The van der Waals surface area contributed by atoms with Gasteiger partial charge in [0, 0.05) is 43.7 Å². The SMILES string of the molecule is CC(C)(C)[C@@H](C(=O)N1CC(O)CC1C(=O)NCCn1cc(C2CC2)nn1)n1cc(C2CC2)nn1. The van der Waals surface area contributed by atoms with Gasteiger partial charge in [-0.15, -0.1) is 10.2 Å². The first-order valence-electron chi connectivity index (χ1n) is 12.3. The fourth-order valence-corrected chi connectivity index (χ4v) is 4.73. The molecule has 11 heteroatoms. The van der Waals surface area contributed by atoms with Gasteiger partial charge >= 0.3 is 0 Å². The van der Waals surface area contributed by atoms with Crippen LogP contribution in [-0.4, -0.2) is 77.0 Å². The van der Waals surface area contributed by atoms with Crippen LogP contribution in [-0.2, 0) is 16.1 Å². The van der Waals surface area contributed by atoms with E-state index in [0.717, 1.165) is 37.1 Å². The van der Waals surface area contributed by atoms with Gasteiger partial charge in [0.05, 0.1) is 24.0 Å². The Morgan fingerprint density at radius 1 is 1.09 bits per heavy atom. The Morgan fingerprint density at radius 2 is 1.74 bits per heavy atom.